The van der Waals surface area contributed by atoms with E-state index in [-0.39, 0.29) is 6.42 Å². The molecule has 0 aromatic rings. The number of carbonyl (C=O) groups is 1. The molecule has 64 valence electrons. The average molecular weight is 172 g/mol. The largest absolute Gasteiger partial charge is 0.481 e. The highest BCUT2D eigenvalue weighted by atomic mass is 16.4. The molecule has 0 heterocycles. The van der Waals surface area contributed by atoms with Gasteiger partial charge in [0.25, 0.3) is 0 Å². The van der Waals surface area contributed by atoms with Gasteiger partial charge in [-0.1, -0.05) is 23.8 Å². The van der Waals surface area contributed by atoms with Crippen LogP contribution in [0.5, 0.6) is 0 Å². The predicted octanol–water partition coefficient (Wildman–Crippen LogP) is 1.05. The number of aliphatic carboxylic acids is 1. The molecular formula is C11H8O2. The maximum absolute atomic E-state index is 10.0. The third kappa shape index (κ3) is 9.89. The van der Waals surface area contributed by atoms with Crippen molar-refractivity contribution in [3.8, 4) is 36.0 Å². The summed E-state index contributed by atoms with van der Waals surface area (Å²) in [5.41, 5.74) is 0. The summed E-state index contributed by atoms with van der Waals surface area (Å²) in [5.74, 6) is 11.7. The Hall–Kier alpha value is -2.11. The second kappa shape index (κ2) is 7.99. The van der Waals surface area contributed by atoms with Gasteiger partial charge in [0.15, 0.2) is 0 Å². The van der Waals surface area contributed by atoms with Gasteiger partial charge in [0.05, 0.1) is 12.8 Å². The van der Waals surface area contributed by atoms with Crippen LogP contribution >= 0.6 is 0 Å². The van der Waals surface area contributed by atoms with Crippen LogP contribution in [0.25, 0.3) is 0 Å². The summed E-state index contributed by atoms with van der Waals surface area (Å²) >= 11 is 0. The van der Waals surface area contributed by atoms with Gasteiger partial charge in [-0.05, 0) is 17.9 Å². The zero-order valence-electron chi connectivity index (χ0n) is 7.00. The Balaban J connectivity index is 3.76. The topological polar surface area (TPSA) is 37.3 Å². The number of terminal acetylenes is 1. The maximum Gasteiger partial charge on any atom is 0.307 e. The Bertz CT molecular complexity index is 348. The summed E-state index contributed by atoms with van der Waals surface area (Å²) in [5, 5.41) is 8.24. The Kier molecular flexibility index (Phi) is 6.69. The van der Waals surface area contributed by atoms with Crippen LogP contribution in [0.15, 0.2) is 12.2 Å². The normalized spacial score (nSPS) is 7.62. The second-order valence-electron chi connectivity index (χ2n) is 1.95. The van der Waals surface area contributed by atoms with E-state index in [9.17, 15) is 4.79 Å². The van der Waals surface area contributed by atoms with Crippen LogP contribution in [0, 0.1) is 36.0 Å². The molecule has 2 heteroatoms. The molecule has 1 N–H and O–H groups in total. The molecule has 2 nitrogen and oxygen atoms in total. The molecule has 0 radical (unpaired) electrons. The summed E-state index contributed by atoms with van der Waals surface area (Å²) in [6, 6.07) is 0. The lowest BCUT2D eigenvalue weighted by atomic mass is 10.4. The summed E-state index contributed by atoms with van der Waals surface area (Å²) < 4.78 is 0. The van der Waals surface area contributed by atoms with Gasteiger partial charge in [-0.2, -0.15) is 0 Å². The molecule has 0 aliphatic rings. The lowest BCUT2D eigenvalue weighted by Gasteiger charge is -1.77. The fourth-order valence-corrected chi connectivity index (χ4v) is 0.436. The van der Waals surface area contributed by atoms with Crippen LogP contribution in [0.3, 0.4) is 0 Å². The van der Waals surface area contributed by atoms with Crippen molar-refractivity contribution < 1.29 is 9.90 Å². The minimum absolute atomic E-state index is 0.0214. The van der Waals surface area contributed by atoms with Crippen molar-refractivity contribution in [1.82, 2.24) is 0 Å². The van der Waals surface area contributed by atoms with Crippen LogP contribution in [-0.4, -0.2) is 11.1 Å². The van der Waals surface area contributed by atoms with Crippen LogP contribution in [0.4, 0.5) is 0 Å². The fraction of sp³-hybridized carbons (Fsp3) is 0.182. The van der Waals surface area contributed by atoms with E-state index in [1.54, 1.807) is 0 Å². The van der Waals surface area contributed by atoms with Crippen LogP contribution in [-0.2, 0) is 4.79 Å². The third-order valence-corrected chi connectivity index (χ3v) is 0.907. The highest BCUT2D eigenvalue weighted by Crippen LogP contribution is 1.80. The first-order valence-electron chi connectivity index (χ1n) is 3.56. The quantitative estimate of drug-likeness (QED) is 0.632. The molecule has 0 saturated heterocycles. The molecule has 0 atom stereocenters. The molecule has 0 rings (SSSR count). The van der Waals surface area contributed by atoms with Crippen molar-refractivity contribution in [2.75, 3.05) is 0 Å². The number of carboxylic acids is 1. The lowest BCUT2D eigenvalue weighted by Crippen LogP contribution is -1.89. The molecule has 0 fully saturated rings. The number of hydrogen-bond acceptors (Lipinski definition) is 1. The summed E-state index contributed by atoms with van der Waals surface area (Å²) in [6.07, 6.45) is 8.22. The first-order valence-corrected chi connectivity index (χ1v) is 3.56. The van der Waals surface area contributed by atoms with E-state index in [0.717, 1.165) is 0 Å². The average Bonchev–Trinajstić information content (AvgIpc) is 2.09. The minimum atomic E-state index is -0.878. The van der Waals surface area contributed by atoms with E-state index in [0.29, 0.717) is 6.42 Å². The summed E-state index contributed by atoms with van der Waals surface area (Å²) in [6.45, 7) is 0. The van der Waals surface area contributed by atoms with Crippen molar-refractivity contribution in [3.63, 3.8) is 0 Å². The molecule has 0 bridgehead atoms. The maximum atomic E-state index is 10.0. The Morgan fingerprint density at radius 2 is 2.23 bits per heavy atom. The van der Waals surface area contributed by atoms with Crippen molar-refractivity contribution in [3.05, 3.63) is 12.2 Å². The van der Waals surface area contributed by atoms with Crippen molar-refractivity contribution in [1.29, 1.82) is 0 Å². The standard InChI is InChI=1S/C11H8O2/c1-2-3-4-5-6-7-8-9-10-11(12)13/h1,8-9H,3,10H2,(H,12,13). The zero-order valence-corrected chi connectivity index (χ0v) is 7.00. The van der Waals surface area contributed by atoms with Gasteiger partial charge in [0.2, 0.25) is 0 Å². The third-order valence-electron chi connectivity index (χ3n) is 0.907. The second-order valence-corrected chi connectivity index (χ2v) is 1.95. The first-order chi connectivity index (χ1) is 6.27. The highest BCUT2D eigenvalue weighted by Gasteiger charge is 1.86. The van der Waals surface area contributed by atoms with Crippen molar-refractivity contribution in [2.24, 2.45) is 0 Å². The van der Waals surface area contributed by atoms with Crippen LogP contribution in [0.1, 0.15) is 12.8 Å². The molecule has 0 aliphatic heterocycles. The van der Waals surface area contributed by atoms with E-state index < -0.39 is 5.97 Å². The number of rotatable bonds is 2. The van der Waals surface area contributed by atoms with Gasteiger partial charge in [-0.15, -0.1) is 6.42 Å². The predicted molar refractivity (Wildman–Crippen MR) is 50.4 cm³/mol. The molecule has 0 unspecified atom stereocenters. The van der Waals surface area contributed by atoms with Crippen LogP contribution in [0.2, 0.25) is 0 Å². The lowest BCUT2D eigenvalue weighted by molar-refractivity contribution is -0.135. The Labute approximate surface area is 77.7 Å². The van der Waals surface area contributed by atoms with Gasteiger partial charge >= 0.3 is 5.97 Å². The molecule has 13 heavy (non-hydrogen) atoms. The zero-order chi connectivity index (χ0) is 9.94. The molecule has 0 aliphatic carbocycles. The van der Waals surface area contributed by atoms with Gasteiger partial charge in [0, 0.05) is 0 Å². The van der Waals surface area contributed by atoms with E-state index in [1.165, 1.54) is 12.2 Å². The minimum Gasteiger partial charge on any atom is -0.481 e. The molecule has 0 aromatic heterocycles. The molecule has 0 aromatic carbocycles. The number of carboxylic acid groups (broad SMARTS) is 1. The smallest absolute Gasteiger partial charge is 0.307 e. The molecule has 0 amide bonds. The number of allylic oxidation sites excluding steroid dienone is 1. The molecule has 0 saturated carbocycles. The van der Waals surface area contributed by atoms with E-state index in [2.05, 4.69) is 29.6 Å². The molecular weight excluding hydrogens is 164 g/mol. The van der Waals surface area contributed by atoms with E-state index in [4.69, 9.17) is 11.5 Å². The van der Waals surface area contributed by atoms with E-state index in [1.807, 2.05) is 0 Å². The van der Waals surface area contributed by atoms with E-state index >= 15 is 0 Å². The Morgan fingerprint density at radius 3 is 2.85 bits per heavy atom. The first kappa shape index (κ1) is 10.9. The number of hydrogen-bond donors (Lipinski definition) is 1. The summed E-state index contributed by atoms with van der Waals surface area (Å²) in [7, 11) is 0. The van der Waals surface area contributed by atoms with Gasteiger partial charge < -0.3 is 5.11 Å². The summed E-state index contributed by atoms with van der Waals surface area (Å²) in [4.78, 5) is 10.0. The van der Waals surface area contributed by atoms with Gasteiger partial charge in [-0.3, -0.25) is 4.79 Å². The monoisotopic (exact) mass is 172 g/mol. The Morgan fingerprint density at radius 1 is 1.46 bits per heavy atom. The molecule has 0 spiro atoms. The fourth-order valence-electron chi connectivity index (χ4n) is 0.436. The SMILES string of the molecule is C#CCC#CC#CC=CCC(=O)O. The van der Waals surface area contributed by atoms with Crippen molar-refractivity contribution >= 4 is 5.97 Å². The van der Waals surface area contributed by atoms with Gasteiger partial charge in [0.1, 0.15) is 0 Å². The van der Waals surface area contributed by atoms with Crippen molar-refractivity contribution in [2.45, 2.75) is 12.8 Å². The highest BCUT2D eigenvalue weighted by molar-refractivity contribution is 5.68. The van der Waals surface area contributed by atoms with Crippen LogP contribution < -0.4 is 0 Å². The van der Waals surface area contributed by atoms with Gasteiger partial charge in [-0.25, -0.2) is 0 Å².